The molecule has 0 aliphatic rings. The Morgan fingerprint density at radius 2 is 1.92 bits per heavy atom. The highest BCUT2D eigenvalue weighted by Crippen LogP contribution is 2.32. The summed E-state index contributed by atoms with van der Waals surface area (Å²) in [6.07, 6.45) is 0. The first-order chi connectivity index (χ1) is 11.9. The summed E-state index contributed by atoms with van der Waals surface area (Å²) < 4.78 is 15.9. The molecule has 25 heavy (non-hydrogen) atoms. The first kappa shape index (κ1) is 18.3. The summed E-state index contributed by atoms with van der Waals surface area (Å²) >= 11 is 0. The van der Waals surface area contributed by atoms with Crippen LogP contribution in [0.2, 0.25) is 0 Å². The number of nitro groups is 1. The Labute approximate surface area is 145 Å². The number of ether oxygens (including phenoxy) is 3. The molecule has 0 saturated heterocycles. The van der Waals surface area contributed by atoms with Crippen LogP contribution in [0.3, 0.4) is 0 Å². The lowest BCUT2D eigenvalue weighted by atomic mass is 10.2. The third-order valence-corrected chi connectivity index (χ3v) is 3.21. The van der Waals surface area contributed by atoms with Crippen LogP contribution in [-0.2, 0) is 0 Å². The number of methoxy groups -OCH3 is 1. The van der Waals surface area contributed by atoms with Gasteiger partial charge in [0.2, 0.25) is 0 Å². The minimum absolute atomic E-state index is 0.0183. The van der Waals surface area contributed by atoms with Crippen LogP contribution in [0.15, 0.2) is 42.5 Å². The Morgan fingerprint density at radius 3 is 2.56 bits per heavy atom. The summed E-state index contributed by atoms with van der Waals surface area (Å²) in [5.74, 6) is 0.453. The first-order valence-corrected chi connectivity index (χ1v) is 7.68. The van der Waals surface area contributed by atoms with Crippen molar-refractivity contribution < 1.29 is 23.9 Å². The van der Waals surface area contributed by atoms with Crippen molar-refractivity contribution in [3.05, 3.63) is 58.1 Å². The number of carbonyl (C=O) groups is 1. The van der Waals surface area contributed by atoms with Gasteiger partial charge in [0.05, 0.1) is 30.3 Å². The van der Waals surface area contributed by atoms with Crippen LogP contribution in [-0.4, -0.2) is 24.6 Å². The normalized spacial score (nSPS) is 10.4. The molecule has 2 rings (SSSR count). The quantitative estimate of drug-likeness (QED) is 0.328. The average molecular weight is 345 g/mol. The zero-order valence-electron chi connectivity index (χ0n) is 14.2. The van der Waals surface area contributed by atoms with Gasteiger partial charge in [-0.2, -0.15) is 0 Å². The van der Waals surface area contributed by atoms with Crippen molar-refractivity contribution in [1.29, 1.82) is 0 Å². The second-order valence-electron chi connectivity index (χ2n) is 5.71. The number of hydrogen-bond donors (Lipinski definition) is 0. The molecule has 0 atom stereocenters. The molecule has 2 aromatic rings. The lowest BCUT2D eigenvalue weighted by Gasteiger charge is -2.11. The van der Waals surface area contributed by atoms with Gasteiger partial charge in [0, 0.05) is 6.07 Å². The third kappa shape index (κ3) is 4.94. The van der Waals surface area contributed by atoms with E-state index in [-0.39, 0.29) is 22.7 Å². The Balaban J connectivity index is 2.20. The number of benzene rings is 2. The van der Waals surface area contributed by atoms with Gasteiger partial charge in [-0.15, -0.1) is 0 Å². The smallest absolute Gasteiger partial charge is 0.343 e. The van der Waals surface area contributed by atoms with E-state index in [2.05, 4.69) is 0 Å². The standard InChI is InChI=1S/C18H19NO6/c1-12(2)11-24-15-6-4-5-13(9-15)18(20)25-17-10-14(19(21)22)7-8-16(17)23-3/h4-10,12H,11H2,1-3H3. The highest BCUT2D eigenvalue weighted by atomic mass is 16.6. The number of hydrogen-bond acceptors (Lipinski definition) is 6. The maximum absolute atomic E-state index is 12.4. The molecule has 0 saturated carbocycles. The van der Waals surface area contributed by atoms with Crippen molar-refractivity contribution in [1.82, 2.24) is 0 Å². The predicted octanol–water partition coefficient (Wildman–Crippen LogP) is 3.86. The molecule has 0 bridgehead atoms. The number of esters is 1. The molecule has 7 nitrogen and oxygen atoms in total. The maximum atomic E-state index is 12.4. The second-order valence-corrected chi connectivity index (χ2v) is 5.71. The minimum atomic E-state index is -0.659. The predicted molar refractivity (Wildman–Crippen MR) is 91.4 cm³/mol. The third-order valence-electron chi connectivity index (χ3n) is 3.21. The monoisotopic (exact) mass is 345 g/mol. The molecule has 0 aliphatic carbocycles. The van der Waals surface area contributed by atoms with Crippen molar-refractivity contribution in [3.63, 3.8) is 0 Å². The van der Waals surface area contributed by atoms with Gasteiger partial charge in [-0.05, 0) is 30.2 Å². The van der Waals surface area contributed by atoms with E-state index >= 15 is 0 Å². The van der Waals surface area contributed by atoms with E-state index < -0.39 is 10.9 Å². The van der Waals surface area contributed by atoms with Crippen molar-refractivity contribution in [2.24, 2.45) is 5.92 Å². The Morgan fingerprint density at radius 1 is 1.16 bits per heavy atom. The first-order valence-electron chi connectivity index (χ1n) is 7.68. The lowest BCUT2D eigenvalue weighted by molar-refractivity contribution is -0.384. The number of non-ortho nitro benzene ring substituents is 1. The summed E-state index contributed by atoms with van der Waals surface area (Å²) in [5, 5.41) is 10.9. The van der Waals surface area contributed by atoms with Crippen molar-refractivity contribution in [2.75, 3.05) is 13.7 Å². The molecular formula is C18H19NO6. The lowest BCUT2D eigenvalue weighted by Crippen LogP contribution is -2.10. The van der Waals surface area contributed by atoms with Crippen LogP contribution in [0.25, 0.3) is 0 Å². The Bertz CT molecular complexity index is 772. The molecule has 0 unspecified atom stereocenters. The van der Waals surface area contributed by atoms with Crippen LogP contribution < -0.4 is 14.2 Å². The Hall–Kier alpha value is -3.09. The van der Waals surface area contributed by atoms with Crippen molar-refractivity contribution in [2.45, 2.75) is 13.8 Å². The topological polar surface area (TPSA) is 87.9 Å². The van der Waals surface area contributed by atoms with Gasteiger partial charge < -0.3 is 14.2 Å². The van der Waals surface area contributed by atoms with E-state index in [0.29, 0.717) is 18.3 Å². The molecule has 0 spiro atoms. The van der Waals surface area contributed by atoms with Gasteiger partial charge in [0.1, 0.15) is 5.75 Å². The fourth-order valence-electron chi connectivity index (χ4n) is 1.99. The number of nitro benzene ring substituents is 1. The largest absolute Gasteiger partial charge is 0.493 e. The molecular weight excluding hydrogens is 326 g/mol. The summed E-state index contributed by atoms with van der Waals surface area (Å²) in [6, 6.07) is 10.4. The van der Waals surface area contributed by atoms with E-state index in [1.165, 1.54) is 19.2 Å². The van der Waals surface area contributed by atoms with Gasteiger partial charge in [-0.25, -0.2) is 4.79 Å². The number of rotatable bonds is 7. The maximum Gasteiger partial charge on any atom is 0.343 e. The summed E-state index contributed by atoms with van der Waals surface area (Å²) in [5.41, 5.74) is 0.0763. The van der Waals surface area contributed by atoms with E-state index in [9.17, 15) is 14.9 Å². The molecule has 0 radical (unpaired) electrons. The number of carbonyl (C=O) groups excluding carboxylic acids is 1. The molecule has 0 aromatic heterocycles. The van der Waals surface area contributed by atoms with E-state index in [1.54, 1.807) is 24.3 Å². The van der Waals surface area contributed by atoms with Crippen molar-refractivity contribution >= 4 is 11.7 Å². The van der Waals surface area contributed by atoms with Gasteiger partial charge in [0.15, 0.2) is 11.5 Å². The van der Waals surface area contributed by atoms with Crippen LogP contribution in [0, 0.1) is 16.0 Å². The van der Waals surface area contributed by atoms with Crippen LogP contribution in [0.5, 0.6) is 17.2 Å². The van der Waals surface area contributed by atoms with Crippen molar-refractivity contribution in [3.8, 4) is 17.2 Å². The highest BCUT2D eigenvalue weighted by Gasteiger charge is 2.17. The second kappa shape index (κ2) is 8.14. The molecule has 0 heterocycles. The highest BCUT2D eigenvalue weighted by molar-refractivity contribution is 5.91. The SMILES string of the molecule is COc1ccc([N+](=O)[O-])cc1OC(=O)c1cccc(OCC(C)C)c1. The summed E-state index contributed by atoms with van der Waals surface area (Å²) in [6.45, 7) is 4.57. The zero-order valence-corrected chi connectivity index (χ0v) is 14.2. The van der Waals surface area contributed by atoms with Gasteiger partial charge in [-0.1, -0.05) is 19.9 Å². The average Bonchev–Trinajstić information content (AvgIpc) is 2.60. The van der Waals surface area contributed by atoms with Crippen LogP contribution >= 0.6 is 0 Å². The molecule has 0 N–H and O–H groups in total. The summed E-state index contributed by atoms with van der Waals surface area (Å²) in [7, 11) is 1.39. The molecule has 132 valence electrons. The molecule has 7 heteroatoms. The zero-order chi connectivity index (χ0) is 18.4. The van der Waals surface area contributed by atoms with Gasteiger partial charge in [0.25, 0.3) is 5.69 Å². The summed E-state index contributed by atoms with van der Waals surface area (Å²) in [4.78, 5) is 22.7. The molecule has 0 amide bonds. The number of nitrogens with zero attached hydrogens (tertiary/aromatic N) is 1. The van der Waals surface area contributed by atoms with E-state index in [4.69, 9.17) is 14.2 Å². The van der Waals surface area contributed by atoms with Gasteiger partial charge in [-0.3, -0.25) is 10.1 Å². The minimum Gasteiger partial charge on any atom is -0.493 e. The van der Waals surface area contributed by atoms with Crippen LogP contribution in [0.4, 0.5) is 5.69 Å². The molecule has 0 aliphatic heterocycles. The fourth-order valence-corrected chi connectivity index (χ4v) is 1.99. The Kier molecular flexibility index (Phi) is 5.94. The van der Waals surface area contributed by atoms with Crippen LogP contribution in [0.1, 0.15) is 24.2 Å². The molecule has 2 aromatic carbocycles. The van der Waals surface area contributed by atoms with E-state index in [0.717, 1.165) is 6.07 Å². The molecule has 0 fully saturated rings. The van der Waals surface area contributed by atoms with E-state index in [1.807, 2.05) is 13.8 Å². The fraction of sp³-hybridized carbons (Fsp3) is 0.278. The van der Waals surface area contributed by atoms with Gasteiger partial charge >= 0.3 is 5.97 Å².